The van der Waals surface area contributed by atoms with Gasteiger partial charge in [-0.15, -0.1) is 0 Å². The van der Waals surface area contributed by atoms with Gasteiger partial charge in [0.25, 0.3) is 5.91 Å². The number of furan rings is 1. The van der Waals surface area contributed by atoms with Crippen LogP contribution in [0, 0.1) is 0 Å². The van der Waals surface area contributed by atoms with Gasteiger partial charge in [0.05, 0.1) is 7.11 Å². The van der Waals surface area contributed by atoms with E-state index >= 15 is 0 Å². The van der Waals surface area contributed by atoms with E-state index in [1.807, 2.05) is 36.4 Å². The van der Waals surface area contributed by atoms with Crippen LogP contribution in [0.4, 0.5) is 5.69 Å². The van der Waals surface area contributed by atoms with Crippen LogP contribution >= 0.6 is 0 Å². The van der Waals surface area contributed by atoms with Gasteiger partial charge in [-0.3, -0.25) is 9.69 Å². The molecule has 1 aliphatic rings. The third-order valence-corrected chi connectivity index (χ3v) is 5.63. The van der Waals surface area contributed by atoms with Crippen molar-refractivity contribution in [3.63, 3.8) is 0 Å². The van der Waals surface area contributed by atoms with Crippen molar-refractivity contribution in [1.29, 1.82) is 0 Å². The maximum Gasteiger partial charge on any atom is 0.287 e. The number of hydrogen-bond donors (Lipinski definition) is 1. The van der Waals surface area contributed by atoms with Gasteiger partial charge < -0.3 is 19.4 Å². The highest BCUT2D eigenvalue weighted by Crippen LogP contribution is 2.22. The first kappa shape index (κ1) is 20.3. The fourth-order valence-corrected chi connectivity index (χ4v) is 3.88. The number of nitrogens with one attached hydrogen (secondary N) is 1. The van der Waals surface area contributed by atoms with Crippen LogP contribution in [0.15, 0.2) is 59.0 Å². The summed E-state index contributed by atoms with van der Waals surface area (Å²) in [5, 5.41) is 3.92. The molecule has 1 amide bonds. The normalized spacial score (nSPS) is 14.8. The zero-order chi connectivity index (χ0) is 20.8. The van der Waals surface area contributed by atoms with Crippen molar-refractivity contribution in [1.82, 2.24) is 10.2 Å². The van der Waals surface area contributed by atoms with Crippen LogP contribution in [-0.4, -0.2) is 57.2 Å². The molecule has 2 heterocycles. The number of piperazine rings is 1. The van der Waals surface area contributed by atoms with Crippen molar-refractivity contribution in [2.24, 2.45) is 0 Å². The van der Waals surface area contributed by atoms with Crippen LogP contribution < -0.4 is 15.0 Å². The Kier molecular flexibility index (Phi) is 6.54. The summed E-state index contributed by atoms with van der Waals surface area (Å²) in [6.07, 6.45) is 2.03. The van der Waals surface area contributed by atoms with Crippen LogP contribution in [0.3, 0.4) is 0 Å². The van der Waals surface area contributed by atoms with Gasteiger partial charge in [-0.2, -0.15) is 0 Å². The van der Waals surface area contributed by atoms with E-state index in [1.165, 1.54) is 5.69 Å². The monoisotopic (exact) mass is 407 g/mol. The van der Waals surface area contributed by atoms with E-state index in [0.717, 1.165) is 62.3 Å². The summed E-state index contributed by atoms with van der Waals surface area (Å²) in [5.74, 6) is 1.14. The molecule has 0 radical (unpaired) electrons. The quantitative estimate of drug-likeness (QED) is 0.576. The van der Waals surface area contributed by atoms with E-state index in [1.54, 1.807) is 13.2 Å². The number of hydrogen-bond acceptors (Lipinski definition) is 5. The molecule has 30 heavy (non-hydrogen) atoms. The maximum absolute atomic E-state index is 12.3. The van der Waals surface area contributed by atoms with Crippen LogP contribution in [0.5, 0.6) is 5.75 Å². The van der Waals surface area contributed by atoms with Gasteiger partial charge >= 0.3 is 0 Å². The standard InChI is InChI=1S/C24H29N3O3/c1-29-21-9-6-8-20(18-21)27-15-13-26(14-16-27)12-5-4-11-25-24(28)23-17-19-7-2-3-10-22(19)30-23/h2-3,6-10,17-18H,4-5,11-16H2,1H3,(H,25,28). The van der Waals surface area contributed by atoms with E-state index in [-0.39, 0.29) is 5.91 Å². The lowest BCUT2D eigenvalue weighted by atomic mass is 10.2. The molecule has 0 aliphatic carbocycles. The highest BCUT2D eigenvalue weighted by molar-refractivity contribution is 5.96. The minimum absolute atomic E-state index is 0.141. The molecule has 0 spiro atoms. The zero-order valence-corrected chi connectivity index (χ0v) is 17.5. The first-order chi connectivity index (χ1) is 14.7. The summed E-state index contributed by atoms with van der Waals surface area (Å²) >= 11 is 0. The fraction of sp³-hybridized carbons (Fsp3) is 0.375. The third-order valence-electron chi connectivity index (χ3n) is 5.63. The third kappa shape index (κ3) is 4.94. The van der Waals surface area contributed by atoms with Crippen LogP contribution in [0.2, 0.25) is 0 Å². The number of carbonyl (C=O) groups excluding carboxylic acids is 1. The fourth-order valence-electron chi connectivity index (χ4n) is 3.88. The molecule has 0 unspecified atom stereocenters. The highest BCUT2D eigenvalue weighted by atomic mass is 16.5. The van der Waals surface area contributed by atoms with Crippen LogP contribution in [0.25, 0.3) is 11.0 Å². The Morgan fingerprint density at radius 2 is 1.87 bits per heavy atom. The molecular formula is C24H29N3O3. The second kappa shape index (κ2) is 9.67. The first-order valence-electron chi connectivity index (χ1n) is 10.6. The molecule has 1 saturated heterocycles. The van der Waals surface area contributed by atoms with E-state index in [0.29, 0.717) is 12.3 Å². The van der Waals surface area contributed by atoms with Crippen molar-refractivity contribution in [3.05, 3.63) is 60.4 Å². The number of nitrogens with zero attached hydrogens (tertiary/aromatic N) is 2. The van der Waals surface area contributed by atoms with Crippen LogP contribution in [-0.2, 0) is 0 Å². The minimum Gasteiger partial charge on any atom is -0.497 e. The molecule has 0 atom stereocenters. The predicted octanol–water partition coefficient (Wildman–Crippen LogP) is 3.77. The minimum atomic E-state index is -0.141. The lowest BCUT2D eigenvalue weighted by molar-refractivity contribution is 0.0927. The number of fused-ring (bicyclic) bond motifs is 1. The van der Waals surface area contributed by atoms with Crippen molar-refractivity contribution in [2.75, 3.05) is 51.3 Å². The second-order valence-electron chi connectivity index (χ2n) is 7.64. The van der Waals surface area contributed by atoms with Gasteiger partial charge in [0, 0.05) is 49.9 Å². The molecule has 6 nitrogen and oxygen atoms in total. The molecule has 1 aliphatic heterocycles. The predicted molar refractivity (Wildman–Crippen MR) is 119 cm³/mol. The Balaban J connectivity index is 1.14. The first-order valence-corrected chi connectivity index (χ1v) is 10.6. The number of benzene rings is 2. The van der Waals surface area contributed by atoms with Gasteiger partial charge in [-0.25, -0.2) is 0 Å². The Morgan fingerprint density at radius 3 is 2.67 bits per heavy atom. The topological polar surface area (TPSA) is 58.0 Å². The maximum atomic E-state index is 12.3. The van der Waals surface area contributed by atoms with Gasteiger partial charge in [0.2, 0.25) is 0 Å². The molecule has 2 aromatic carbocycles. The van der Waals surface area contributed by atoms with Gasteiger partial charge in [0.1, 0.15) is 11.3 Å². The van der Waals surface area contributed by atoms with E-state index < -0.39 is 0 Å². The summed E-state index contributed by atoms with van der Waals surface area (Å²) in [7, 11) is 1.70. The summed E-state index contributed by atoms with van der Waals surface area (Å²) < 4.78 is 10.9. The average molecular weight is 408 g/mol. The smallest absolute Gasteiger partial charge is 0.287 e. The van der Waals surface area contributed by atoms with Crippen molar-refractivity contribution < 1.29 is 13.9 Å². The number of para-hydroxylation sites is 1. The number of anilines is 1. The summed E-state index contributed by atoms with van der Waals surface area (Å²) in [6.45, 7) is 5.89. The molecule has 3 aromatic rings. The molecular weight excluding hydrogens is 378 g/mol. The Morgan fingerprint density at radius 1 is 1.03 bits per heavy atom. The summed E-state index contributed by atoms with van der Waals surface area (Å²) in [6, 6.07) is 17.7. The number of amides is 1. The lowest BCUT2D eigenvalue weighted by Gasteiger charge is -2.36. The van der Waals surface area contributed by atoms with E-state index in [2.05, 4.69) is 27.2 Å². The number of carbonyl (C=O) groups is 1. The Labute approximate surface area is 177 Å². The second-order valence-corrected chi connectivity index (χ2v) is 7.64. The molecule has 4 rings (SSSR count). The molecule has 1 N–H and O–H groups in total. The van der Waals surface area contributed by atoms with Gasteiger partial charge in [-0.1, -0.05) is 24.3 Å². The van der Waals surface area contributed by atoms with Crippen molar-refractivity contribution in [3.8, 4) is 5.75 Å². The molecule has 1 aromatic heterocycles. The number of ether oxygens (including phenoxy) is 1. The van der Waals surface area contributed by atoms with Gasteiger partial charge in [-0.05, 0) is 43.7 Å². The average Bonchev–Trinajstić information content (AvgIpc) is 3.24. The number of rotatable bonds is 8. The van der Waals surface area contributed by atoms with Crippen molar-refractivity contribution in [2.45, 2.75) is 12.8 Å². The number of methoxy groups -OCH3 is 1. The summed E-state index contributed by atoms with van der Waals surface area (Å²) in [5.41, 5.74) is 1.97. The van der Waals surface area contributed by atoms with Gasteiger partial charge in [0.15, 0.2) is 5.76 Å². The van der Waals surface area contributed by atoms with Crippen molar-refractivity contribution >= 4 is 22.6 Å². The molecule has 6 heteroatoms. The SMILES string of the molecule is COc1cccc(N2CCN(CCCCNC(=O)c3cc4ccccc4o3)CC2)c1. The highest BCUT2D eigenvalue weighted by Gasteiger charge is 2.17. The molecule has 0 saturated carbocycles. The Bertz CT molecular complexity index is 943. The molecule has 1 fully saturated rings. The van der Waals surface area contributed by atoms with Crippen LogP contribution in [0.1, 0.15) is 23.4 Å². The van der Waals surface area contributed by atoms with E-state index in [9.17, 15) is 4.79 Å². The summed E-state index contributed by atoms with van der Waals surface area (Å²) in [4.78, 5) is 17.2. The zero-order valence-electron chi connectivity index (χ0n) is 17.5. The molecule has 158 valence electrons. The lowest BCUT2D eigenvalue weighted by Crippen LogP contribution is -2.46. The number of unbranched alkanes of at least 4 members (excludes halogenated alkanes) is 1. The van der Waals surface area contributed by atoms with E-state index in [4.69, 9.17) is 9.15 Å². The largest absolute Gasteiger partial charge is 0.497 e. The molecule has 0 bridgehead atoms. The Hall–Kier alpha value is -2.99.